The van der Waals surface area contributed by atoms with Crippen LogP contribution >= 0.6 is 0 Å². The van der Waals surface area contributed by atoms with E-state index in [4.69, 9.17) is 0 Å². The second-order valence-electron chi connectivity index (χ2n) is 6.37. The van der Waals surface area contributed by atoms with Crippen molar-refractivity contribution in [2.45, 2.75) is 39.3 Å². The second kappa shape index (κ2) is 9.73. The number of benzene rings is 1. The number of aliphatic hydroxyl groups excluding tert-OH is 1. The normalized spacial score (nSPS) is 19.5. The van der Waals surface area contributed by atoms with Crippen molar-refractivity contribution in [3.8, 4) is 0 Å². The van der Waals surface area contributed by atoms with Crippen molar-refractivity contribution in [3.63, 3.8) is 0 Å². The predicted octanol–water partition coefficient (Wildman–Crippen LogP) is 2.24. The lowest BCUT2D eigenvalue weighted by atomic mass is 10.1. The van der Waals surface area contributed by atoms with Crippen LogP contribution in [0, 0.1) is 5.82 Å². The number of rotatable bonds is 7. The van der Waals surface area contributed by atoms with Gasteiger partial charge in [0.15, 0.2) is 5.96 Å². The molecule has 5 nitrogen and oxygen atoms in total. The minimum absolute atomic E-state index is 0.264. The molecule has 0 amide bonds. The first-order valence-electron chi connectivity index (χ1n) is 9.29. The van der Waals surface area contributed by atoms with Gasteiger partial charge in [0.05, 0.1) is 12.6 Å². The van der Waals surface area contributed by atoms with Crippen LogP contribution in [0.2, 0.25) is 0 Å². The van der Waals surface area contributed by atoms with Gasteiger partial charge in [-0.15, -0.1) is 0 Å². The van der Waals surface area contributed by atoms with Gasteiger partial charge in [-0.05, 0) is 44.1 Å². The molecule has 2 atom stereocenters. The highest BCUT2D eigenvalue weighted by Gasteiger charge is 2.28. The predicted molar refractivity (Wildman–Crippen MR) is 100 cm³/mol. The minimum atomic E-state index is -0.726. The molecule has 1 aliphatic heterocycles. The van der Waals surface area contributed by atoms with Crippen LogP contribution in [0.5, 0.6) is 0 Å². The van der Waals surface area contributed by atoms with Crippen LogP contribution in [-0.2, 0) is 0 Å². The number of guanidine groups is 1. The van der Waals surface area contributed by atoms with Gasteiger partial charge in [0.25, 0.3) is 0 Å². The summed E-state index contributed by atoms with van der Waals surface area (Å²) in [6.45, 7) is 11.6. The fraction of sp³-hybridized carbons (Fsp3) is 0.632. The Hall–Kier alpha value is -1.66. The number of nitrogens with one attached hydrogen (secondary N) is 1. The first-order chi connectivity index (χ1) is 12.1. The van der Waals surface area contributed by atoms with E-state index in [-0.39, 0.29) is 12.4 Å². The number of likely N-dealkylation sites (N-methyl/N-ethyl adjacent to an activating group) is 1. The smallest absolute Gasteiger partial charge is 0.194 e. The average molecular weight is 350 g/mol. The van der Waals surface area contributed by atoms with E-state index in [1.165, 1.54) is 12.1 Å². The number of halogens is 1. The topological polar surface area (TPSA) is 51.1 Å². The average Bonchev–Trinajstić information content (AvgIpc) is 3.09. The molecule has 2 N–H and O–H groups in total. The molecule has 0 spiro atoms. The molecule has 0 saturated carbocycles. The fourth-order valence-corrected chi connectivity index (χ4v) is 3.36. The van der Waals surface area contributed by atoms with Crippen LogP contribution in [0.25, 0.3) is 0 Å². The maximum Gasteiger partial charge on any atom is 0.194 e. The van der Waals surface area contributed by atoms with E-state index in [0.29, 0.717) is 11.6 Å². The fourth-order valence-electron chi connectivity index (χ4n) is 3.36. The van der Waals surface area contributed by atoms with Gasteiger partial charge in [-0.25, -0.2) is 4.39 Å². The molecule has 140 valence electrons. The largest absolute Gasteiger partial charge is 0.386 e. The molecule has 1 aromatic carbocycles. The van der Waals surface area contributed by atoms with Gasteiger partial charge in [0, 0.05) is 25.7 Å². The number of hydrogen-bond acceptors (Lipinski definition) is 3. The zero-order chi connectivity index (χ0) is 18.2. The third-order valence-corrected chi connectivity index (χ3v) is 4.80. The first-order valence-corrected chi connectivity index (χ1v) is 9.29. The highest BCUT2D eigenvalue weighted by atomic mass is 19.1. The molecule has 1 aliphatic rings. The summed E-state index contributed by atoms with van der Waals surface area (Å²) in [6, 6.07) is 6.50. The van der Waals surface area contributed by atoms with Crippen LogP contribution in [0.4, 0.5) is 4.39 Å². The minimum Gasteiger partial charge on any atom is -0.386 e. The molecule has 1 aromatic rings. The Morgan fingerprint density at radius 1 is 1.32 bits per heavy atom. The van der Waals surface area contributed by atoms with Crippen molar-refractivity contribution in [1.82, 2.24) is 15.1 Å². The molecule has 0 aromatic heterocycles. The maximum absolute atomic E-state index is 13.0. The van der Waals surface area contributed by atoms with Crippen LogP contribution in [0.15, 0.2) is 29.3 Å². The van der Waals surface area contributed by atoms with E-state index < -0.39 is 6.10 Å². The monoisotopic (exact) mass is 350 g/mol. The standard InChI is InChI=1S/C19H31FN4O/c1-4-21-19(24-12-11-17(14-24)23(5-2)6-3)22-13-18(25)15-7-9-16(20)10-8-15/h7-10,17-18,25H,4-6,11-14H2,1-3H3,(H,21,22). The molecule has 0 radical (unpaired) electrons. The molecule has 0 aliphatic carbocycles. The summed E-state index contributed by atoms with van der Waals surface area (Å²) >= 11 is 0. The van der Waals surface area contributed by atoms with Crippen molar-refractivity contribution < 1.29 is 9.50 Å². The Morgan fingerprint density at radius 2 is 2.00 bits per heavy atom. The number of aliphatic hydroxyl groups is 1. The maximum atomic E-state index is 13.0. The third kappa shape index (κ3) is 5.41. The van der Waals surface area contributed by atoms with Gasteiger partial charge in [-0.1, -0.05) is 26.0 Å². The zero-order valence-corrected chi connectivity index (χ0v) is 15.6. The molecule has 25 heavy (non-hydrogen) atoms. The van der Waals surface area contributed by atoms with Crippen LogP contribution in [-0.4, -0.2) is 66.2 Å². The number of aliphatic imine (C=N–C) groups is 1. The molecule has 2 unspecified atom stereocenters. The number of hydrogen-bond donors (Lipinski definition) is 2. The summed E-state index contributed by atoms with van der Waals surface area (Å²) in [5.74, 6) is 0.547. The summed E-state index contributed by atoms with van der Waals surface area (Å²) in [6.07, 6.45) is 0.405. The van der Waals surface area contributed by atoms with Crippen molar-refractivity contribution in [1.29, 1.82) is 0 Å². The van der Waals surface area contributed by atoms with Crippen LogP contribution < -0.4 is 5.32 Å². The molecule has 1 saturated heterocycles. The SMILES string of the molecule is CCNC(=NCC(O)c1ccc(F)cc1)N1CCC(N(CC)CC)C1. The lowest BCUT2D eigenvalue weighted by Crippen LogP contribution is -2.43. The van der Waals surface area contributed by atoms with E-state index in [2.05, 4.69) is 34.0 Å². The Bertz CT molecular complexity index is 545. The highest BCUT2D eigenvalue weighted by Crippen LogP contribution is 2.17. The Morgan fingerprint density at radius 3 is 2.60 bits per heavy atom. The molecule has 1 heterocycles. The van der Waals surface area contributed by atoms with E-state index >= 15 is 0 Å². The summed E-state index contributed by atoms with van der Waals surface area (Å²) in [7, 11) is 0. The molecular weight excluding hydrogens is 319 g/mol. The van der Waals surface area contributed by atoms with Crippen LogP contribution in [0.1, 0.15) is 38.9 Å². The first kappa shape index (κ1) is 19.7. The molecule has 2 rings (SSSR count). The van der Waals surface area contributed by atoms with E-state index in [1.807, 2.05) is 6.92 Å². The Balaban J connectivity index is 1.99. The van der Waals surface area contributed by atoms with Gasteiger partial charge in [-0.3, -0.25) is 9.89 Å². The summed E-state index contributed by atoms with van der Waals surface area (Å²) < 4.78 is 13.0. The van der Waals surface area contributed by atoms with Crippen molar-refractivity contribution >= 4 is 5.96 Å². The van der Waals surface area contributed by atoms with Gasteiger partial charge in [-0.2, -0.15) is 0 Å². The van der Waals surface area contributed by atoms with Crippen molar-refractivity contribution in [3.05, 3.63) is 35.6 Å². The Labute approximate surface area is 150 Å². The second-order valence-corrected chi connectivity index (χ2v) is 6.37. The van der Waals surface area contributed by atoms with E-state index in [1.54, 1.807) is 12.1 Å². The van der Waals surface area contributed by atoms with Crippen LogP contribution in [0.3, 0.4) is 0 Å². The quantitative estimate of drug-likeness (QED) is 0.585. The van der Waals surface area contributed by atoms with Gasteiger partial charge in [0.2, 0.25) is 0 Å². The molecular formula is C19H31FN4O. The van der Waals surface area contributed by atoms with Crippen molar-refractivity contribution in [2.24, 2.45) is 4.99 Å². The summed E-state index contributed by atoms with van der Waals surface area (Å²) in [4.78, 5) is 9.36. The van der Waals surface area contributed by atoms with E-state index in [0.717, 1.165) is 45.1 Å². The third-order valence-electron chi connectivity index (χ3n) is 4.80. The molecule has 1 fully saturated rings. The zero-order valence-electron chi connectivity index (χ0n) is 15.6. The highest BCUT2D eigenvalue weighted by molar-refractivity contribution is 5.80. The van der Waals surface area contributed by atoms with Gasteiger partial charge < -0.3 is 15.3 Å². The van der Waals surface area contributed by atoms with Gasteiger partial charge >= 0.3 is 0 Å². The Kier molecular flexibility index (Phi) is 7.65. The lowest BCUT2D eigenvalue weighted by molar-refractivity contribution is 0.186. The number of likely N-dealkylation sites (tertiary alicyclic amines) is 1. The molecule has 0 bridgehead atoms. The van der Waals surface area contributed by atoms with E-state index in [9.17, 15) is 9.50 Å². The van der Waals surface area contributed by atoms with Gasteiger partial charge in [0.1, 0.15) is 5.82 Å². The van der Waals surface area contributed by atoms with Crippen molar-refractivity contribution in [2.75, 3.05) is 39.3 Å². The summed E-state index contributed by atoms with van der Waals surface area (Å²) in [5, 5.41) is 13.6. The summed E-state index contributed by atoms with van der Waals surface area (Å²) in [5.41, 5.74) is 0.684. The number of nitrogens with zero attached hydrogens (tertiary/aromatic N) is 3. The molecule has 6 heteroatoms. The lowest BCUT2D eigenvalue weighted by Gasteiger charge is -2.27.